The highest BCUT2D eigenvalue weighted by molar-refractivity contribution is 7.16. The average Bonchev–Trinajstić information content (AvgIpc) is 2.89. The van der Waals surface area contributed by atoms with Crippen LogP contribution < -0.4 is 5.32 Å². The quantitative estimate of drug-likeness (QED) is 0.554. The normalized spacial score (nSPS) is 13.5. The maximum absolute atomic E-state index is 12.2. The Labute approximate surface area is 149 Å². The molecule has 1 atom stereocenters. The molecule has 1 N–H and O–H groups in total. The SMILES string of the molecule is C/C=C(\C)C(=O)Nc1sc([C@H](C)CC(C)(C)C)cc1C(=O)OCC. The molecule has 0 aromatic carbocycles. The van der Waals surface area contributed by atoms with E-state index in [1.807, 2.05) is 13.0 Å². The molecular weight excluding hydrogens is 322 g/mol. The summed E-state index contributed by atoms with van der Waals surface area (Å²) in [6.45, 7) is 14.4. The standard InChI is InChI=1S/C19H29NO3S/c1-8-12(3)16(21)20-17-14(18(22)23-9-2)10-15(24-17)13(4)11-19(5,6)7/h8,10,13H,9,11H2,1-7H3,(H,20,21)/b12-8+/t13-/m1/s1. The van der Waals surface area contributed by atoms with Gasteiger partial charge in [-0.3, -0.25) is 4.79 Å². The summed E-state index contributed by atoms with van der Waals surface area (Å²) in [6, 6.07) is 1.86. The number of anilines is 1. The molecule has 0 unspecified atom stereocenters. The highest BCUT2D eigenvalue weighted by Crippen LogP contribution is 2.38. The van der Waals surface area contributed by atoms with Crippen LogP contribution in [0.2, 0.25) is 0 Å². The van der Waals surface area contributed by atoms with Crippen LogP contribution in [0.25, 0.3) is 0 Å². The predicted molar refractivity (Wildman–Crippen MR) is 101 cm³/mol. The average molecular weight is 352 g/mol. The Kier molecular flexibility index (Phi) is 7.21. The van der Waals surface area contributed by atoms with Gasteiger partial charge in [-0.15, -0.1) is 11.3 Å². The topological polar surface area (TPSA) is 55.4 Å². The van der Waals surface area contributed by atoms with E-state index in [1.165, 1.54) is 11.3 Å². The second-order valence-electron chi connectivity index (χ2n) is 7.20. The second kappa shape index (κ2) is 8.47. The molecule has 0 saturated heterocycles. The fourth-order valence-corrected chi connectivity index (χ4v) is 3.55. The van der Waals surface area contributed by atoms with Gasteiger partial charge < -0.3 is 10.1 Å². The molecule has 0 fully saturated rings. The lowest BCUT2D eigenvalue weighted by molar-refractivity contribution is -0.112. The maximum Gasteiger partial charge on any atom is 0.341 e. The number of hydrogen-bond donors (Lipinski definition) is 1. The molecule has 0 aliphatic carbocycles. The zero-order valence-corrected chi connectivity index (χ0v) is 16.6. The minimum atomic E-state index is -0.392. The second-order valence-corrected chi connectivity index (χ2v) is 8.29. The zero-order chi connectivity index (χ0) is 18.5. The molecule has 0 spiro atoms. The first-order valence-corrected chi connectivity index (χ1v) is 9.15. The van der Waals surface area contributed by atoms with E-state index in [1.54, 1.807) is 19.9 Å². The van der Waals surface area contributed by atoms with Gasteiger partial charge in [0.25, 0.3) is 5.91 Å². The van der Waals surface area contributed by atoms with Crippen LogP contribution in [0.3, 0.4) is 0 Å². The summed E-state index contributed by atoms with van der Waals surface area (Å²) >= 11 is 1.46. The van der Waals surface area contributed by atoms with E-state index < -0.39 is 5.97 Å². The van der Waals surface area contributed by atoms with E-state index in [0.29, 0.717) is 28.7 Å². The first-order chi connectivity index (χ1) is 11.1. The molecule has 5 heteroatoms. The van der Waals surface area contributed by atoms with E-state index >= 15 is 0 Å². The van der Waals surface area contributed by atoms with Crippen LogP contribution in [-0.2, 0) is 9.53 Å². The largest absolute Gasteiger partial charge is 0.462 e. The minimum absolute atomic E-state index is 0.193. The summed E-state index contributed by atoms with van der Waals surface area (Å²) in [7, 11) is 0. The van der Waals surface area contributed by atoms with Gasteiger partial charge in [-0.1, -0.05) is 33.8 Å². The van der Waals surface area contributed by atoms with Crippen molar-refractivity contribution in [2.24, 2.45) is 5.41 Å². The van der Waals surface area contributed by atoms with Crippen molar-refractivity contribution in [3.63, 3.8) is 0 Å². The van der Waals surface area contributed by atoms with Crippen molar-refractivity contribution in [3.05, 3.63) is 28.2 Å². The van der Waals surface area contributed by atoms with E-state index in [4.69, 9.17) is 4.74 Å². The molecule has 24 heavy (non-hydrogen) atoms. The Morgan fingerprint density at radius 3 is 2.50 bits per heavy atom. The van der Waals surface area contributed by atoms with E-state index in [9.17, 15) is 9.59 Å². The Balaban J connectivity index is 3.15. The van der Waals surface area contributed by atoms with E-state index in [2.05, 4.69) is 33.0 Å². The molecule has 1 rings (SSSR count). The first kappa shape index (κ1) is 20.4. The number of rotatable bonds is 6. The molecule has 0 saturated carbocycles. The highest BCUT2D eigenvalue weighted by atomic mass is 32.1. The number of amides is 1. The molecule has 0 bridgehead atoms. The molecule has 0 aliphatic rings. The van der Waals surface area contributed by atoms with Gasteiger partial charge in [-0.25, -0.2) is 4.79 Å². The Hall–Kier alpha value is -1.62. The van der Waals surface area contributed by atoms with Crippen molar-refractivity contribution in [1.82, 2.24) is 0 Å². The van der Waals surface area contributed by atoms with Crippen LogP contribution in [0.4, 0.5) is 5.00 Å². The number of carbonyl (C=O) groups excluding carboxylic acids is 2. The molecule has 0 aliphatic heterocycles. The fourth-order valence-electron chi connectivity index (χ4n) is 2.46. The smallest absolute Gasteiger partial charge is 0.341 e. The number of allylic oxidation sites excluding steroid dienone is 1. The van der Waals surface area contributed by atoms with Gasteiger partial charge in [0.2, 0.25) is 0 Å². The summed E-state index contributed by atoms with van der Waals surface area (Å²) in [4.78, 5) is 25.5. The molecule has 1 aromatic heterocycles. The van der Waals surface area contributed by atoms with Gasteiger partial charge in [-0.05, 0) is 44.6 Å². The minimum Gasteiger partial charge on any atom is -0.462 e. The Bertz CT molecular complexity index is 623. The number of esters is 1. The molecule has 134 valence electrons. The fraction of sp³-hybridized carbons (Fsp3) is 0.579. The monoisotopic (exact) mass is 351 g/mol. The molecule has 1 amide bonds. The van der Waals surface area contributed by atoms with Gasteiger partial charge in [0.1, 0.15) is 5.00 Å². The molecule has 0 radical (unpaired) electrons. The van der Waals surface area contributed by atoms with Crippen molar-refractivity contribution >= 4 is 28.2 Å². The van der Waals surface area contributed by atoms with Crippen molar-refractivity contribution in [3.8, 4) is 0 Å². The highest BCUT2D eigenvalue weighted by Gasteiger charge is 2.24. The third-order valence-corrected chi connectivity index (χ3v) is 4.95. The maximum atomic E-state index is 12.2. The predicted octanol–water partition coefficient (Wildman–Crippen LogP) is 5.37. The van der Waals surface area contributed by atoms with Gasteiger partial charge in [0.05, 0.1) is 12.2 Å². The van der Waals surface area contributed by atoms with Crippen LogP contribution in [0.5, 0.6) is 0 Å². The van der Waals surface area contributed by atoms with Crippen molar-refractivity contribution in [2.75, 3.05) is 11.9 Å². The van der Waals surface area contributed by atoms with Gasteiger partial charge in [-0.2, -0.15) is 0 Å². The van der Waals surface area contributed by atoms with Crippen molar-refractivity contribution in [2.45, 2.75) is 60.8 Å². The Morgan fingerprint density at radius 1 is 1.38 bits per heavy atom. The van der Waals surface area contributed by atoms with Crippen LogP contribution >= 0.6 is 11.3 Å². The number of thiophene rings is 1. The van der Waals surface area contributed by atoms with Gasteiger partial charge >= 0.3 is 5.97 Å². The molecular formula is C19H29NO3S. The summed E-state index contributed by atoms with van der Waals surface area (Å²) in [5.41, 5.74) is 1.25. The summed E-state index contributed by atoms with van der Waals surface area (Å²) in [5, 5.41) is 3.41. The molecule has 4 nitrogen and oxygen atoms in total. The third-order valence-electron chi connectivity index (χ3n) is 3.67. The van der Waals surface area contributed by atoms with Crippen LogP contribution in [0, 0.1) is 5.41 Å². The molecule has 1 aromatic rings. The molecule has 1 heterocycles. The zero-order valence-electron chi connectivity index (χ0n) is 15.8. The van der Waals surface area contributed by atoms with Crippen molar-refractivity contribution in [1.29, 1.82) is 0 Å². The lowest BCUT2D eigenvalue weighted by atomic mass is 9.85. The van der Waals surface area contributed by atoms with Crippen molar-refractivity contribution < 1.29 is 14.3 Å². The Morgan fingerprint density at radius 2 is 2.00 bits per heavy atom. The first-order valence-electron chi connectivity index (χ1n) is 8.34. The van der Waals surface area contributed by atoms with E-state index in [-0.39, 0.29) is 11.3 Å². The lowest BCUT2D eigenvalue weighted by Crippen LogP contribution is -2.14. The van der Waals surface area contributed by atoms with Crippen LogP contribution in [-0.4, -0.2) is 18.5 Å². The number of ether oxygens (including phenoxy) is 1. The van der Waals surface area contributed by atoms with E-state index in [0.717, 1.165) is 11.3 Å². The van der Waals surface area contributed by atoms with Crippen LogP contribution in [0.1, 0.15) is 76.0 Å². The lowest BCUT2D eigenvalue weighted by Gasteiger charge is -2.22. The van der Waals surface area contributed by atoms with Crippen LogP contribution in [0.15, 0.2) is 17.7 Å². The summed E-state index contributed by atoms with van der Waals surface area (Å²) < 4.78 is 5.13. The number of nitrogens with one attached hydrogen (secondary N) is 1. The third kappa shape index (κ3) is 5.78. The number of carbonyl (C=O) groups is 2. The number of hydrogen-bond acceptors (Lipinski definition) is 4. The van der Waals surface area contributed by atoms with Gasteiger partial charge in [0.15, 0.2) is 0 Å². The summed E-state index contributed by atoms with van der Waals surface area (Å²) in [6.07, 6.45) is 2.74. The van der Waals surface area contributed by atoms with Gasteiger partial charge in [0, 0.05) is 10.5 Å². The summed E-state index contributed by atoms with van der Waals surface area (Å²) in [5.74, 6) is -0.284.